The third-order valence-electron chi connectivity index (χ3n) is 3.01. The number of carbonyl (C=O) groups excluding carboxylic acids is 1. The van der Waals surface area contributed by atoms with Crippen molar-refractivity contribution in [2.45, 2.75) is 0 Å². The number of carbonyl (C=O) groups is 1. The van der Waals surface area contributed by atoms with Gasteiger partial charge in [0.05, 0.1) is 22.6 Å². The molecule has 0 aromatic heterocycles. The number of benzene rings is 1. The Morgan fingerprint density at radius 3 is 2.35 bits per heavy atom. The van der Waals surface area contributed by atoms with Gasteiger partial charge in [-0.05, 0) is 12.1 Å². The normalized spacial score (nSPS) is 16.1. The molecule has 4 heteroatoms. The van der Waals surface area contributed by atoms with Gasteiger partial charge in [-0.1, -0.05) is 19.2 Å². The van der Waals surface area contributed by atoms with Gasteiger partial charge in [0.2, 0.25) is 0 Å². The molecule has 0 aliphatic carbocycles. The van der Waals surface area contributed by atoms with Gasteiger partial charge in [0.25, 0.3) is 5.91 Å². The SMILES string of the molecule is C=C1C(=C)N(C)c2cccc(F)c2C(=O)N1C. The molecule has 0 bridgehead atoms. The largest absolute Gasteiger partial charge is 0.343 e. The molecule has 0 unspecified atom stereocenters. The molecule has 0 N–H and O–H groups in total. The Morgan fingerprint density at radius 1 is 1.12 bits per heavy atom. The Hall–Kier alpha value is -2.10. The van der Waals surface area contributed by atoms with Crippen LogP contribution in [0.5, 0.6) is 0 Å². The number of nitrogens with zero attached hydrogens (tertiary/aromatic N) is 2. The first kappa shape index (κ1) is 11.4. The van der Waals surface area contributed by atoms with Crippen LogP contribution in [0.4, 0.5) is 10.1 Å². The monoisotopic (exact) mass is 232 g/mol. The highest BCUT2D eigenvalue weighted by molar-refractivity contribution is 6.02. The molecule has 88 valence electrons. The van der Waals surface area contributed by atoms with Gasteiger partial charge < -0.3 is 9.80 Å². The van der Waals surface area contributed by atoms with E-state index in [0.717, 1.165) is 0 Å². The molecular weight excluding hydrogens is 219 g/mol. The molecule has 3 nitrogen and oxygen atoms in total. The number of hydrogen-bond acceptors (Lipinski definition) is 2. The highest BCUT2D eigenvalue weighted by Gasteiger charge is 2.29. The Labute approximate surface area is 99.4 Å². The molecule has 1 aromatic carbocycles. The average molecular weight is 232 g/mol. The fourth-order valence-corrected chi connectivity index (χ4v) is 1.83. The minimum absolute atomic E-state index is 0.0531. The van der Waals surface area contributed by atoms with Crippen molar-refractivity contribution >= 4 is 11.6 Å². The van der Waals surface area contributed by atoms with Crippen LogP contribution in [-0.2, 0) is 0 Å². The van der Waals surface area contributed by atoms with Crippen LogP contribution in [0.2, 0.25) is 0 Å². The number of likely N-dealkylation sites (N-methyl/N-ethyl adjacent to an activating group) is 2. The molecule has 2 rings (SSSR count). The zero-order valence-electron chi connectivity index (χ0n) is 9.83. The Kier molecular flexibility index (Phi) is 2.50. The summed E-state index contributed by atoms with van der Waals surface area (Å²) >= 11 is 0. The minimum Gasteiger partial charge on any atom is -0.343 e. The van der Waals surface area contributed by atoms with Crippen LogP contribution in [0.15, 0.2) is 42.8 Å². The molecule has 0 fully saturated rings. The van der Waals surface area contributed by atoms with E-state index in [9.17, 15) is 9.18 Å². The number of amides is 1. The number of hydrogen-bond donors (Lipinski definition) is 0. The Bertz CT molecular complexity index is 536. The minimum atomic E-state index is -0.534. The second-order valence-electron chi connectivity index (χ2n) is 3.95. The molecule has 1 aliphatic rings. The lowest BCUT2D eigenvalue weighted by molar-refractivity contribution is 0.0838. The van der Waals surface area contributed by atoms with E-state index in [2.05, 4.69) is 13.2 Å². The molecule has 0 radical (unpaired) electrons. The standard InChI is InChI=1S/C13H13FN2O/c1-8-9(2)16(4)13(17)12-10(14)6-5-7-11(12)15(8)3/h5-7H,1-2H2,3-4H3. The molecule has 1 aliphatic heterocycles. The van der Waals surface area contributed by atoms with E-state index in [-0.39, 0.29) is 5.56 Å². The summed E-state index contributed by atoms with van der Waals surface area (Å²) in [6.45, 7) is 7.65. The second kappa shape index (κ2) is 3.73. The average Bonchev–Trinajstić information content (AvgIpc) is 2.38. The molecule has 0 spiro atoms. The van der Waals surface area contributed by atoms with E-state index in [0.29, 0.717) is 17.1 Å². The zero-order valence-corrected chi connectivity index (χ0v) is 9.83. The van der Waals surface area contributed by atoms with Crippen molar-refractivity contribution in [2.24, 2.45) is 0 Å². The van der Waals surface area contributed by atoms with Crippen LogP contribution in [0.3, 0.4) is 0 Å². The second-order valence-corrected chi connectivity index (χ2v) is 3.95. The van der Waals surface area contributed by atoms with Crippen molar-refractivity contribution in [2.75, 3.05) is 19.0 Å². The molecular formula is C13H13FN2O. The summed E-state index contributed by atoms with van der Waals surface area (Å²) in [5.41, 5.74) is 1.60. The highest BCUT2D eigenvalue weighted by Crippen LogP contribution is 2.32. The van der Waals surface area contributed by atoms with Gasteiger partial charge in [-0.3, -0.25) is 4.79 Å². The summed E-state index contributed by atoms with van der Waals surface area (Å²) in [7, 11) is 3.30. The Morgan fingerprint density at radius 2 is 1.71 bits per heavy atom. The summed E-state index contributed by atoms with van der Waals surface area (Å²) in [5.74, 6) is -0.942. The lowest BCUT2D eigenvalue weighted by atomic mass is 10.1. The lowest BCUT2D eigenvalue weighted by Gasteiger charge is -2.22. The smallest absolute Gasteiger partial charge is 0.263 e. The van der Waals surface area contributed by atoms with E-state index >= 15 is 0 Å². The first-order valence-corrected chi connectivity index (χ1v) is 5.13. The van der Waals surface area contributed by atoms with Crippen LogP contribution in [0.1, 0.15) is 10.4 Å². The number of rotatable bonds is 0. The van der Waals surface area contributed by atoms with Crippen molar-refractivity contribution in [1.82, 2.24) is 4.90 Å². The molecule has 0 atom stereocenters. The fraction of sp³-hybridized carbons (Fsp3) is 0.154. The van der Waals surface area contributed by atoms with Crippen LogP contribution < -0.4 is 4.90 Å². The van der Waals surface area contributed by atoms with Gasteiger partial charge in [0, 0.05) is 14.1 Å². The van der Waals surface area contributed by atoms with Gasteiger partial charge in [0.15, 0.2) is 0 Å². The predicted molar refractivity (Wildman–Crippen MR) is 65.2 cm³/mol. The maximum atomic E-state index is 13.8. The van der Waals surface area contributed by atoms with Gasteiger partial charge in [0.1, 0.15) is 5.82 Å². The van der Waals surface area contributed by atoms with Crippen LogP contribution in [0, 0.1) is 5.82 Å². The molecule has 17 heavy (non-hydrogen) atoms. The van der Waals surface area contributed by atoms with E-state index in [1.165, 1.54) is 11.0 Å². The molecule has 1 heterocycles. The van der Waals surface area contributed by atoms with Gasteiger partial charge >= 0.3 is 0 Å². The predicted octanol–water partition coefficient (Wildman–Crippen LogP) is 2.37. The topological polar surface area (TPSA) is 23.6 Å². The van der Waals surface area contributed by atoms with Gasteiger partial charge in [-0.2, -0.15) is 0 Å². The maximum Gasteiger partial charge on any atom is 0.263 e. The highest BCUT2D eigenvalue weighted by atomic mass is 19.1. The number of halogens is 1. The van der Waals surface area contributed by atoms with E-state index in [4.69, 9.17) is 0 Å². The third-order valence-corrected chi connectivity index (χ3v) is 3.01. The lowest BCUT2D eigenvalue weighted by Crippen LogP contribution is -2.26. The van der Waals surface area contributed by atoms with Gasteiger partial charge in [-0.15, -0.1) is 0 Å². The quantitative estimate of drug-likeness (QED) is 0.685. The maximum absolute atomic E-state index is 13.8. The summed E-state index contributed by atoms with van der Waals surface area (Å²) in [5, 5.41) is 0. The van der Waals surface area contributed by atoms with E-state index in [1.54, 1.807) is 31.1 Å². The molecule has 0 saturated carbocycles. The summed E-state index contributed by atoms with van der Waals surface area (Å²) in [6.07, 6.45) is 0. The third kappa shape index (κ3) is 1.53. The number of fused-ring (bicyclic) bond motifs is 1. The van der Waals surface area contributed by atoms with Crippen molar-refractivity contribution in [3.63, 3.8) is 0 Å². The van der Waals surface area contributed by atoms with Crippen molar-refractivity contribution in [3.8, 4) is 0 Å². The van der Waals surface area contributed by atoms with Crippen molar-refractivity contribution in [1.29, 1.82) is 0 Å². The van der Waals surface area contributed by atoms with Crippen LogP contribution in [0.25, 0.3) is 0 Å². The molecule has 1 amide bonds. The first-order valence-electron chi connectivity index (χ1n) is 5.13. The summed E-state index contributed by atoms with van der Waals surface area (Å²) in [4.78, 5) is 15.1. The first-order chi connectivity index (χ1) is 7.95. The summed E-state index contributed by atoms with van der Waals surface area (Å²) < 4.78 is 13.8. The van der Waals surface area contributed by atoms with Crippen molar-refractivity contribution < 1.29 is 9.18 Å². The van der Waals surface area contributed by atoms with Crippen molar-refractivity contribution in [3.05, 3.63) is 54.1 Å². The number of anilines is 1. The zero-order chi connectivity index (χ0) is 12.7. The molecule has 0 saturated heterocycles. The van der Waals surface area contributed by atoms with E-state index < -0.39 is 11.7 Å². The van der Waals surface area contributed by atoms with Crippen LogP contribution >= 0.6 is 0 Å². The Balaban J connectivity index is 2.74. The summed E-state index contributed by atoms with van der Waals surface area (Å²) in [6, 6.07) is 4.53. The van der Waals surface area contributed by atoms with E-state index in [1.807, 2.05) is 0 Å². The molecule has 1 aromatic rings. The van der Waals surface area contributed by atoms with Crippen LogP contribution in [-0.4, -0.2) is 24.9 Å². The fourth-order valence-electron chi connectivity index (χ4n) is 1.83. The van der Waals surface area contributed by atoms with Gasteiger partial charge in [-0.25, -0.2) is 4.39 Å².